The Labute approximate surface area is 222 Å². The van der Waals surface area contributed by atoms with Gasteiger partial charge in [-0.05, 0) is 30.7 Å². The number of halogens is 3. The number of nitrogens with zero attached hydrogens (tertiary/aromatic N) is 3. The highest BCUT2D eigenvalue weighted by molar-refractivity contribution is 6.42. The summed E-state index contributed by atoms with van der Waals surface area (Å²) in [5.74, 6) is 1.16. The molecule has 3 aliphatic heterocycles. The molecule has 8 nitrogen and oxygen atoms in total. The van der Waals surface area contributed by atoms with Crippen LogP contribution in [-0.4, -0.2) is 59.3 Å². The van der Waals surface area contributed by atoms with Gasteiger partial charge >= 0.3 is 0 Å². The standard InChI is InChI=1S/C26H23Cl2FN4O4/c1-2-22(34)33-8-13-5-14(9-33)25(13)37-20-6-16-19(7-21(20)36-15-10-35-11-15)30-12-31-26(16)32-18-4-3-17(27)23(28)24(18)29/h2-4,6-7,12-15,25H,1,5,8-11H2,(H,30,31,32). The molecule has 4 fully saturated rings. The minimum Gasteiger partial charge on any atom is -0.486 e. The zero-order chi connectivity index (χ0) is 25.7. The van der Waals surface area contributed by atoms with Crippen LogP contribution in [0.3, 0.4) is 0 Å². The summed E-state index contributed by atoms with van der Waals surface area (Å²) in [7, 11) is 0. The first-order valence-electron chi connectivity index (χ1n) is 11.9. The zero-order valence-electron chi connectivity index (χ0n) is 19.6. The van der Waals surface area contributed by atoms with Crippen LogP contribution in [0.1, 0.15) is 6.42 Å². The summed E-state index contributed by atoms with van der Waals surface area (Å²) in [6, 6.07) is 6.61. The molecule has 1 aliphatic carbocycles. The van der Waals surface area contributed by atoms with Crippen molar-refractivity contribution >= 4 is 51.5 Å². The molecule has 1 N–H and O–H groups in total. The van der Waals surface area contributed by atoms with Crippen molar-refractivity contribution < 1.29 is 23.4 Å². The van der Waals surface area contributed by atoms with Gasteiger partial charge < -0.3 is 24.4 Å². The lowest BCUT2D eigenvalue weighted by Crippen LogP contribution is -2.61. The van der Waals surface area contributed by atoms with Gasteiger partial charge in [-0.2, -0.15) is 0 Å². The van der Waals surface area contributed by atoms with E-state index in [1.54, 1.807) is 6.07 Å². The van der Waals surface area contributed by atoms with Crippen LogP contribution >= 0.6 is 23.2 Å². The van der Waals surface area contributed by atoms with Crippen molar-refractivity contribution in [2.75, 3.05) is 31.6 Å². The van der Waals surface area contributed by atoms with Crippen molar-refractivity contribution in [3.05, 3.63) is 59.1 Å². The third-order valence-corrected chi connectivity index (χ3v) is 7.87. The molecule has 3 aromatic rings. The van der Waals surface area contributed by atoms with Gasteiger partial charge in [-0.1, -0.05) is 29.8 Å². The summed E-state index contributed by atoms with van der Waals surface area (Å²) < 4.78 is 32.7. The van der Waals surface area contributed by atoms with Crippen LogP contribution in [-0.2, 0) is 9.53 Å². The molecule has 0 radical (unpaired) electrons. The summed E-state index contributed by atoms with van der Waals surface area (Å²) in [5, 5.41) is 3.56. The average Bonchev–Trinajstić information content (AvgIpc) is 2.89. The number of nitrogens with one attached hydrogen (secondary N) is 1. The maximum absolute atomic E-state index is 14.7. The fourth-order valence-corrected chi connectivity index (χ4v) is 5.36. The van der Waals surface area contributed by atoms with E-state index in [4.69, 9.17) is 37.4 Å². The summed E-state index contributed by atoms with van der Waals surface area (Å²) in [5.41, 5.74) is 0.724. The van der Waals surface area contributed by atoms with Gasteiger partial charge in [0.15, 0.2) is 17.3 Å². The molecular formula is C26H23Cl2FN4O4. The molecule has 37 heavy (non-hydrogen) atoms. The number of aromatic nitrogens is 2. The molecule has 0 spiro atoms. The third kappa shape index (κ3) is 4.45. The van der Waals surface area contributed by atoms with Crippen LogP contribution in [0.5, 0.6) is 11.5 Å². The zero-order valence-corrected chi connectivity index (χ0v) is 21.1. The number of amides is 1. The highest BCUT2D eigenvalue weighted by atomic mass is 35.5. The van der Waals surface area contributed by atoms with Crippen molar-refractivity contribution in [1.29, 1.82) is 0 Å². The van der Waals surface area contributed by atoms with Gasteiger partial charge in [-0.25, -0.2) is 14.4 Å². The first-order chi connectivity index (χ1) is 17.9. The number of benzene rings is 2. The first kappa shape index (κ1) is 24.2. The van der Waals surface area contributed by atoms with Crippen LogP contribution in [0, 0.1) is 17.7 Å². The molecular weight excluding hydrogens is 522 g/mol. The van der Waals surface area contributed by atoms with E-state index >= 15 is 0 Å². The van der Waals surface area contributed by atoms with Crippen LogP contribution in [0.25, 0.3) is 10.9 Å². The van der Waals surface area contributed by atoms with Crippen molar-refractivity contribution in [1.82, 2.24) is 14.9 Å². The topological polar surface area (TPSA) is 85.8 Å². The van der Waals surface area contributed by atoms with Crippen LogP contribution in [0.15, 0.2) is 43.2 Å². The van der Waals surface area contributed by atoms with Gasteiger partial charge in [0.05, 0.1) is 34.5 Å². The quantitative estimate of drug-likeness (QED) is 0.330. The fraction of sp³-hybridized carbons (Fsp3) is 0.346. The largest absolute Gasteiger partial charge is 0.486 e. The maximum Gasteiger partial charge on any atom is 0.245 e. The lowest BCUT2D eigenvalue weighted by molar-refractivity contribution is -0.142. The van der Waals surface area contributed by atoms with E-state index in [0.717, 1.165) is 6.42 Å². The second kappa shape index (κ2) is 9.63. The number of hydrogen-bond acceptors (Lipinski definition) is 7. The van der Waals surface area contributed by atoms with Crippen LogP contribution in [0.4, 0.5) is 15.9 Å². The van der Waals surface area contributed by atoms with Gasteiger partial charge in [0, 0.05) is 36.4 Å². The molecule has 1 saturated carbocycles. The lowest BCUT2D eigenvalue weighted by Gasteiger charge is -2.52. The van der Waals surface area contributed by atoms with Gasteiger partial charge in [-0.3, -0.25) is 4.79 Å². The molecule has 1 amide bonds. The number of fused-ring (bicyclic) bond motifs is 3. The predicted molar refractivity (Wildman–Crippen MR) is 137 cm³/mol. The maximum atomic E-state index is 14.7. The Kier molecular flexibility index (Phi) is 6.30. The molecule has 2 bridgehead atoms. The Morgan fingerprint density at radius 1 is 1.16 bits per heavy atom. The summed E-state index contributed by atoms with van der Waals surface area (Å²) >= 11 is 11.9. The van der Waals surface area contributed by atoms with Crippen molar-refractivity contribution in [2.24, 2.45) is 11.8 Å². The Balaban J connectivity index is 1.33. The Morgan fingerprint density at radius 2 is 1.92 bits per heavy atom. The van der Waals surface area contributed by atoms with Gasteiger partial charge in [0.2, 0.25) is 5.91 Å². The Morgan fingerprint density at radius 3 is 2.62 bits per heavy atom. The summed E-state index contributed by atoms with van der Waals surface area (Å²) in [6.07, 6.45) is 3.60. The average molecular weight is 545 g/mol. The monoisotopic (exact) mass is 544 g/mol. The number of anilines is 2. The molecule has 2 unspecified atom stereocenters. The van der Waals surface area contributed by atoms with E-state index in [2.05, 4.69) is 21.9 Å². The molecule has 192 valence electrons. The fourth-order valence-electron chi connectivity index (χ4n) is 5.05. The van der Waals surface area contributed by atoms with Crippen molar-refractivity contribution in [3.63, 3.8) is 0 Å². The van der Waals surface area contributed by atoms with E-state index in [9.17, 15) is 9.18 Å². The highest BCUT2D eigenvalue weighted by Crippen LogP contribution is 2.45. The van der Waals surface area contributed by atoms with Gasteiger partial charge in [-0.15, -0.1) is 0 Å². The molecule has 11 heteroatoms. The smallest absolute Gasteiger partial charge is 0.245 e. The van der Waals surface area contributed by atoms with E-state index in [-0.39, 0.29) is 45.7 Å². The highest BCUT2D eigenvalue weighted by Gasteiger charge is 2.49. The molecule has 2 atom stereocenters. The summed E-state index contributed by atoms with van der Waals surface area (Å²) in [6.45, 7) is 5.84. The van der Waals surface area contributed by atoms with Crippen molar-refractivity contribution in [3.8, 4) is 11.5 Å². The second-order valence-electron chi connectivity index (χ2n) is 9.45. The molecule has 2 aromatic carbocycles. The molecule has 7 rings (SSSR count). The third-order valence-electron chi connectivity index (χ3n) is 7.08. The Hall–Kier alpha value is -3.14. The molecule has 3 saturated heterocycles. The molecule has 1 aromatic heterocycles. The number of rotatable bonds is 7. The number of carbonyl (C=O) groups excluding carboxylic acids is 1. The Bertz CT molecular complexity index is 1390. The molecule has 4 aliphatic rings. The SMILES string of the molecule is C=CC(=O)N1CC2CC(C1)C2Oc1cc2c(Nc3ccc(Cl)c(Cl)c3F)ncnc2cc1OC1COC1. The van der Waals surface area contributed by atoms with E-state index in [1.165, 1.54) is 24.5 Å². The van der Waals surface area contributed by atoms with E-state index < -0.39 is 5.82 Å². The number of ether oxygens (including phenoxy) is 3. The van der Waals surface area contributed by atoms with Crippen molar-refractivity contribution in [2.45, 2.75) is 18.6 Å². The molecule has 4 heterocycles. The van der Waals surface area contributed by atoms with E-state index in [0.29, 0.717) is 54.5 Å². The van der Waals surface area contributed by atoms with Gasteiger partial charge in [0.1, 0.15) is 24.4 Å². The predicted octanol–water partition coefficient (Wildman–Crippen LogP) is 5.01. The number of carbonyl (C=O) groups is 1. The first-order valence-corrected chi connectivity index (χ1v) is 12.7. The lowest BCUT2D eigenvalue weighted by atomic mass is 9.68. The van der Waals surface area contributed by atoms with Crippen LogP contribution < -0.4 is 14.8 Å². The number of piperidine rings is 2. The summed E-state index contributed by atoms with van der Waals surface area (Å²) in [4.78, 5) is 22.6. The van der Waals surface area contributed by atoms with E-state index in [1.807, 2.05) is 11.0 Å². The van der Waals surface area contributed by atoms with Crippen LogP contribution in [0.2, 0.25) is 10.0 Å². The normalized spacial score (nSPS) is 22.7. The minimum atomic E-state index is -0.678. The minimum absolute atomic E-state index is 0.0557. The second-order valence-corrected chi connectivity index (χ2v) is 10.2. The number of hydrogen-bond donors (Lipinski definition) is 1. The van der Waals surface area contributed by atoms with Gasteiger partial charge in [0.25, 0.3) is 0 Å².